The summed E-state index contributed by atoms with van der Waals surface area (Å²) in [5.74, 6) is -4.72. The number of nitrogens with zero attached hydrogens (tertiary/aromatic N) is 2. The molecule has 1 aliphatic heterocycles. The number of sulfonamides is 1. The van der Waals surface area contributed by atoms with E-state index in [1.54, 1.807) is 0 Å². The number of aromatic nitrogens is 1. The van der Waals surface area contributed by atoms with Crippen molar-refractivity contribution in [3.63, 3.8) is 0 Å². The van der Waals surface area contributed by atoms with E-state index in [0.717, 1.165) is 6.07 Å². The van der Waals surface area contributed by atoms with Gasteiger partial charge < -0.3 is 14.6 Å². The van der Waals surface area contributed by atoms with Gasteiger partial charge in [-0.3, -0.25) is 18.9 Å². The number of hydrogen-bond donors (Lipinski definition) is 1. The highest BCUT2D eigenvalue weighted by Gasteiger charge is 2.50. The molecule has 0 fully saturated rings. The smallest absolute Gasteiger partial charge is 0.427 e. The minimum atomic E-state index is -4.96. The number of esters is 1. The van der Waals surface area contributed by atoms with Crippen molar-refractivity contribution < 1.29 is 63.3 Å². The highest BCUT2D eigenvalue weighted by molar-refractivity contribution is 7.92. The van der Waals surface area contributed by atoms with Crippen molar-refractivity contribution >= 4 is 27.6 Å². The normalized spacial score (nSPS) is 16.2. The molecule has 0 spiro atoms. The Kier molecular flexibility index (Phi) is 8.30. The summed E-state index contributed by atoms with van der Waals surface area (Å²) in [6.07, 6.45) is -11.9. The van der Waals surface area contributed by atoms with Gasteiger partial charge in [-0.2, -0.15) is 26.3 Å². The van der Waals surface area contributed by atoms with E-state index < -0.39 is 93.1 Å². The van der Waals surface area contributed by atoms with E-state index in [0.29, 0.717) is 42.7 Å². The van der Waals surface area contributed by atoms with Crippen LogP contribution < -0.4 is 9.04 Å². The fourth-order valence-corrected chi connectivity index (χ4v) is 5.06. The number of carbonyl (C=O) groups excluding carboxylic acids is 1. The third kappa shape index (κ3) is 6.74. The van der Waals surface area contributed by atoms with Gasteiger partial charge in [-0.15, -0.1) is 0 Å². The van der Waals surface area contributed by atoms with Crippen LogP contribution in [0.25, 0.3) is 0 Å². The summed E-state index contributed by atoms with van der Waals surface area (Å²) in [4.78, 5) is 25.6. The van der Waals surface area contributed by atoms with Gasteiger partial charge in [0.2, 0.25) is 5.60 Å². The lowest BCUT2D eigenvalue weighted by molar-refractivity contribution is -0.257. The molecule has 2 heterocycles. The lowest BCUT2D eigenvalue weighted by Gasteiger charge is -2.36. The van der Waals surface area contributed by atoms with Crippen LogP contribution in [-0.4, -0.2) is 54.9 Å². The maximum absolute atomic E-state index is 15.1. The first-order valence-corrected chi connectivity index (χ1v) is 12.7. The molecule has 0 unspecified atom stereocenters. The van der Waals surface area contributed by atoms with Crippen LogP contribution in [0.2, 0.25) is 0 Å². The van der Waals surface area contributed by atoms with Crippen LogP contribution in [0.1, 0.15) is 37.8 Å². The third-order valence-corrected chi connectivity index (χ3v) is 7.46. The second kappa shape index (κ2) is 10.7. The van der Waals surface area contributed by atoms with Crippen molar-refractivity contribution in [3.8, 4) is 5.75 Å². The number of benzene rings is 1. The topological polar surface area (TPSA) is 123 Å². The van der Waals surface area contributed by atoms with Crippen LogP contribution in [0.4, 0.5) is 36.4 Å². The van der Waals surface area contributed by atoms with E-state index >= 15 is 4.39 Å². The minimum Gasteiger partial charge on any atom is -0.483 e. The first kappa shape index (κ1) is 30.9. The Balaban J connectivity index is 2.06. The quantitative estimate of drug-likeness (QED) is 0.347. The van der Waals surface area contributed by atoms with Crippen molar-refractivity contribution in [2.45, 2.75) is 62.1 Å². The number of carboxylic acids is 1. The van der Waals surface area contributed by atoms with Crippen molar-refractivity contribution in [3.05, 3.63) is 47.5 Å². The molecule has 0 amide bonds. The van der Waals surface area contributed by atoms with Gasteiger partial charge >= 0.3 is 24.3 Å². The van der Waals surface area contributed by atoms with E-state index in [4.69, 9.17) is 9.84 Å². The summed E-state index contributed by atoms with van der Waals surface area (Å²) >= 11 is 0. The molecule has 9 nitrogen and oxygen atoms in total. The van der Waals surface area contributed by atoms with Gasteiger partial charge in [-0.05, 0) is 44.0 Å². The number of rotatable bonds is 8. The molecule has 0 aliphatic carbocycles. The van der Waals surface area contributed by atoms with Gasteiger partial charge in [0.25, 0.3) is 10.0 Å². The number of carboxylic acid groups (broad SMARTS) is 1. The fourth-order valence-electron chi connectivity index (χ4n) is 3.57. The fraction of sp³-hybridized carbons (Fsp3) is 0.435. The molecule has 0 saturated carbocycles. The van der Waals surface area contributed by atoms with Gasteiger partial charge in [0, 0.05) is 18.8 Å². The molecule has 0 radical (unpaired) electrons. The van der Waals surface area contributed by atoms with Crippen LogP contribution in [-0.2, 0) is 36.9 Å². The number of halogens is 7. The van der Waals surface area contributed by atoms with Crippen LogP contribution in [0.15, 0.2) is 35.5 Å². The summed E-state index contributed by atoms with van der Waals surface area (Å²) in [5, 5.41) is 8.97. The molecule has 2 aromatic rings. The average molecular weight is 602 g/mol. The highest BCUT2D eigenvalue weighted by atomic mass is 32.2. The molecular weight excluding hydrogens is 581 g/mol. The molecule has 17 heteroatoms. The monoisotopic (exact) mass is 602 g/mol. The zero-order valence-electron chi connectivity index (χ0n) is 20.6. The van der Waals surface area contributed by atoms with Gasteiger partial charge in [-0.25, -0.2) is 12.8 Å². The number of ether oxygens (including phenoxy) is 2. The molecule has 3 rings (SSSR count). The number of carbonyl (C=O) groups is 2. The zero-order chi connectivity index (χ0) is 30.3. The zero-order valence-corrected chi connectivity index (χ0v) is 21.5. The minimum absolute atomic E-state index is 0.292. The van der Waals surface area contributed by atoms with E-state index in [9.17, 15) is 44.3 Å². The SMILES string of the molecule is CC(C)(OC(=O)Cc1cc(F)c2c(c1)N(S(=O)(=O)c1cncc(C(F)(F)F)c1)C[C@H](CCC(=O)O)O2)C(F)(F)F. The second-order valence-corrected chi connectivity index (χ2v) is 11.1. The Hall–Kier alpha value is -3.63. The summed E-state index contributed by atoms with van der Waals surface area (Å²) in [5.41, 5.74) is -5.22. The van der Waals surface area contributed by atoms with Crippen molar-refractivity contribution in [1.82, 2.24) is 4.98 Å². The number of anilines is 1. The van der Waals surface area contributed by atoms with Crippen LogP contribution in [0, 0.1) is 5.82 Å². The van der Waals surface area contributed by atoms with E-state index in [-0.39, 0.29) is 12.0 Å². The van der Waals surface area contributed by atoms with Crippen molar-refractivity contribution in [2.24, 2.45) is 0 Å². The molecule has 0 bridgehead atoms. The Labute approximate surface area is 222 Å². The molecule has 0 saturated heterocycles. The number of aliphatic carboxylic acids is 1. The predicted molar refractivity (Wildman–Crippen MR) is 121 cm³/mol. The van der Waals surface area contributed by atoms with Crippen LogP contribution >= 0.6 is 0 Å². The Morgan fingerprint density at radius 1 is 1.12 bits per heavy atom. The number of alkyl halides is 6. The number of pyridine rings is 1. The maximum atomic E-state index is 15.1. The van der Waals surface area contributed by atoms with Crippen LogP contribution in [0.5, 0.6) is 5.75 Å². The van der Waals surface area contributed by atoms with Crippen molar-refractivity contribution in [1.29, 1.82) is 0 Å². The van der Waals surface area contributed by atoms with Gasteiger partial charge in [0.15, 0.2) is 11.6 Å². The van der Waals surface area contributed by atoms with Crippen LogP contribution in [0.3, 0.4) is 0 Å². The molecule has 220 valence electrons. The molecule has 1 aromatic heterocycles. The average Bonchev–Trinajstić information content (AvgIpc) is 2.81. The molecule has 40 heavy (non-hydrogen) atoms. The van der Waals surface area contributed by atoms with Gasteiger partial charge in [0.1, 0.15) is 11.0 Å². The first-order chi connectivity index (χ1) is 18.2. The van der Waals surface area contributed by atoms with Crippen molar-refractivity contribution in [2.75, 3.05) is 10.8 Å². The summed E-state index contributed by atoms with van der Waals surface area (Å²) < 4.78 is 131. The molecular formula is C23H21F7N2O7S. The Morgan fingerprint density at radius 2 is 1.77 bits per heavy atom. The molecule has 1 aromatic carbocycles. The number of hydrogen-bond acceptors (Lipinski definition) is 7. The predicted octanol–water partition coefficient (Wildman–Crippen LogP) is 4.49. The molecule has 1 atom stereocenters. The Bertz CT molecular complexity index is 1410. The maximum Gasteiger partial charge on any atom is 0.427 e. The number of fused-ring (bicyclic) bond motifs is 1. The summed E-state index contributed by atoms with van der Waals surface area (Å²) in [7, 11) is -4.93. The Morgan fingerprint density at radius 3 is 2.35 bits per heavy atom. The van der Waals surface area contributed by atoms with E-state index in [2.05, 4.69) is 9.72 Å². The lowest BCUT2D eigenvalue weighted by atomic mass is 10.1. The largest absolute Gasteiger partial charge is 0.483 e. The summed E-state index contributed by atoms with van der Waals surface area (Å²) in [6, 6.07) is 1.86. The van der Waals surface area contributed by atoms with E-state index in [1.165, 1.54) is 0 Å². The lowest BCUT2D eigenvalue weighted by Crippen LogP contribution is -2.44. The highest BCUT2D eigenvalue weighted by Crippen LogP contribution is 2.41. The molecule has 1 aliphatic rings. The molecule has 1 N–H and O–H groups in total. The van der Waals surface area contributed by atoms with Gasteiger partial charge in [-0.1, -0.05) is 0 Å². The third-order valence-electron chi connectivity index (χ3n) is 5.72. The summed E-state index contributed by atoms with van der Waals surface area (Å²) in [6.45, 7) is 0.495. The first-order valence-electron chi connectivity index (χ1n) is 11.3. The standard InChI is InChI=1S/C23H21F7N2O7S/c1-21(2,23(28,29)30)39-19(35)7-12-5-16(24)20-17(6-12)32(11-14(38-20)3-4-18(33)34)40(36,37)15-8-13(9-31-10-15)22(25,26)27/h5-6,8-10,14H,3-4,7,11H2,1-2H3,(H,33,34)/t14-/m0/s1. The second-order valence-electron chi connectivity index (χ2n) is 9.20. The van der Waals surface area contributed by atoms with E-state index in [1.807, 2.05) is 0 Å². The van der Waals surface area contributed by atoms with Gasteiger partial charge in [0.05, 0.1) is 24.2 Å².